The molecule has 0 bridgehead atoms. The van der Waals surface area contributed by atoms with E-state index < -0.39 is 6.10 Å². The fourth-order valence-electron chi connectivity index (χ4n) is 2.21. The number of hydrogen-bond donors (Lipinski definition) is 2. The molecule has 5 heteroatoms. The lowest BCUT2D eigenvalue weighted by Crippen LogP contribution is -2.29. The van der Waals surface area contributed by atoms with Gasteiger partial charge in [0.05, 0.1) is 18.8 Å². The molecule has 0 aliphatic heterocycles. The van der Waals surface area contributed by atoms with E-state index in [9.17, 15) is 9.90 Å². The Morgan fingerprint density at radius 1 is 1.32 bits per heavy atom. The van der Waals surface area contributed by atoms with E-state index in [4.69, 9.17) is 16.3 Å². The number of rotatable bonds is 5. The highest BCUT2D eigenvalue weighted by Crippen LogP contribution is 2.23. The van der Waals surface area contributed by atoms with Gasteiger partial charge in [-0.2, -0.15) is 0 Å². The summed E-state index contributed by atoms with van der Waals surface area (Å²) >= 11 is 5.91. The van der Waals surface area contributed by atoms with Crippen molar-refractivity contribution in [1.29, 1.82) is 0 Å². The number of halogens is 1. The largest absolute Gasteiger partial charge is 0.496 e. The van der Waals surface area contributed by atoms with Gasteiger partial charge in [-0.25, -0.2) is 0 Å². The van der Waals surface area contributed by atoms with E-state index >= 15 is 0 Å². The van der Waals surface area contributed by atoms with Gasteiger partial charge < -0.3 is 15.2 Å². The SMILES string of the molecule is COc1ccc(Cl)cc1C(=O)NCC(O)c1ccccc1C. The first-order valence-electron chi connectivity index (χ1n) is 6.88. The van der Waals surface area contributed by atoms with Crippen LogP contribution in [0.25, 0.3) is 0 Å². The van der Waals surface area contributed by atoms with Crippen molar-refractivity contribution in [2.75, 3.05) is 13.7 Å². The Bertz CT molecular complexity index is 673. The molecule has 0 aromatic heterocycles. The van der Waals surface area contributed by atoms with Crippen molar-refractivity contribution in [2.24, 2.45) is 0 Å². The molecule has 0 radical (unpaired) electrons. The molecule has 2 N–H and O–H groups in total. The van der Waals surface area contributed by atoms with Gasteiger partial charge in [0, 0.05) is 11.6 Å². The van der Waals surface area contributed by atoms with Crippen LogP contribution >= 0.6 is 11.6 Å². The van der Waals surface area contributed by atoms with E-state index in [-0.39, 0.29) is 12.5 Å². The zero-order valence-corrected chi connectivity index (χ0v) is 13.2. The maximum absolute atomic E-state index is 12.2. The Kier molecular flexibility index (Phi) is 5.41. The van der Waals surface area contributed by atoms with Crippen LogP contribution in [-0.4, -0.2) is 24.7 Å². The Balaban J connectivity index is 2.07. The molecular formula is C17H18ClNO3. The molecule has 1 unspecified atom stereocenters. The lowest BCUT2D eigenvalue weighted by Gasteiger charge is -2.15. The minimum atomic E-state index is -0.768. The summed E-state index contributed by atoms with van der Waals surface area (Å²) in [6, 6.07) is 12.3. The van der Waals surface area contributed by atoms with Gasteiger partial charge in [-0.05, 0) is 36.2 Å². The number of carbonyl (C=O) groups excluding carboxylic acids is 1. The second kappa shape index (κ2) is 7.29. The van der Waals surface area contributed by atoms with Gasteiger partial charge in [0.15, 0.2) is 0 Å². The van der Waals surface area contributed by atoms with Crippen LogP contribution < -0.4 is 10.1 Å². The highest BCUT2D eigenvalue weighted by molar-refractivity contribution is 6.31. The first-order chi connectivity index (χ1) is 10.5. The Hall–Kier alpha value is -2.04. The number of benzene rings is 2. The molecule has 2 rings (SSSR count). The normalized spacial score (nSPS) is 11.8. The topological polar surface area (TPSA) is 58.6 Å². The average Bonchev–Trinajstić information content (AvgIpc) is 2.52. The van der Waals surface area contributed by atoms with E-state index in [0.29, 0.717) is 16.3 Å². The quantitative estimate of drug-likeness (QED) is 0.890. The zero-order chi connectivity index (χ0) is 16.1. The third kappa shape index (κ3) is 3.78. The first-order valence-corrected chi connectivity index (χ1v) is 7.26. The van der Waals surface area contributed by atoms with Crippen LogP contribution in [0.5, 0.6) is 5.75 Å². The number of aryl methyl sites for hydroxylation is 1. The summed E-state index contributed by atoms with van der Waals surface area (Å²) < 4.78 is 5.15. The van der Waals surface area contributed by atoms with Crippen LogP contribution in [0.1, 0.15) is 27.6 Å². The molecule has 22 heavy (non-hydrogen) atoms. The van der Waals surface area contributed by atoms with E-state index in [1.54, 1.807) is 12.1 Å². The number of carbonyl (C=O) groups is 1. The zero-order valence-electron chi connectivity index (χ0n) is 12.5. The van der Waals surface area contributed by atoms with E-state index in [1.165, 1.54) is 13.2 Å². The second-order valence-corrected chi connectivity index (χ2v) is 5.36. The number of hydrogen-bond acceptors (Lipinski definition) is 3. The predicted octanol–water partition coefficient (Wildman–Crippen LogP) is 3.12. The van der Waals surface area contributed by atoms with Gasteiger partial charge in [0.1, 0.15) is 5.75 Å². The van der Waals surface area contributed by atoms with Crippen molar-refractivity contribution >= 4 is 17.5 Å². The molecule has 0 heterocycles. The van der Waals surface area contributed by atoms with Crippen LogP contribution in [0, 0.1) is 6.92 Å². The molecule has 116 valence electrons. The summed E-state index contributed by atoms with van der Waals surface area (Å²) in [7, 11) is 1.49. The number of methoxy groups -OCH3 is 1. The second-order valence-electron chi connectivity index (χ2n) is 4.93. The van der Waals surface area contributed by atoms with Crippen LogP contribution in [0.4, 0.5) is 0 Å². The molecule has 2 aromatic rings. The molecule has 1 amide bonds. The summed E-state index contributed by atoms with van der Waals surface area (Å²) in [6.07, 6.45) is -0.768. The fraction of sp³-hybridized carbons (Fsp3) is 0.235. The third-order valence-electron chi connectivity index (χ3n) is 3.41. The molecule has 0 saturated heterocycles. The number of ether oxygens (including phenoxy) is 1. The van der Waals surface area contributed by atoms with Crippen molar-refractivity contribution in [3.8, 4) is 5.75 Å². The Morgan fingerprint density at radius 2 is 2.05 bits per heavy atom. The smallest absolute Gasteiger partial charge is 0.255 e. The molecule has 1 atom stereocenters. The minimum Gasteiger partial charge on any atom is -0.496 e. The van der Waals surface area contributed by atoms with Crippen molar-refractivity contribution in [2.45, 2.75) is 13.0 Å². The van der Waals surface area contributed by atoms with Crippen molar-refractivity contribution < 1.29 is 14.6 Å². The highest BCUT2D eigenvalue weighted by atomic mass is 35.5. The predicted molar refractivity (Wildman–Crippen MR) is 86.5 cm³/mol. The summed E-state index contributed by atoms with van der Waals surface area (Å²) in [4.78, 5) is 12.2. The van der Waals surface area contributed by atoms with E-state index in [1.807, 2.05) is 31.2 Å². The summed E-state index contributed by atoms with van der Waals surface area (Å²) in [5.41, 5.74) is 2.11. The van der Waals surface area contributed by atoms with Gasteiger partial charge in [-0.15, -0.1) is 0 Å². The van der Waals surface area contributed by atoms with E-state index in [2.05, 4.69) is 5.32 Å². The van der Waals surface area contributed by atoms with E-state index in [0.717, 1.165) is 11.1 Å². The summed E-state index contributed by atoms with van der Waals surface area (Å²) in [5, 5.41) is 13.4. The summed E-state index contributed by atoms with van der Waals surface area (Å²) in [5.74, 6) is 0.0965. The summed E-state index contributed by atoms with van der Waals surface area (Å²) in [6.45, 7) is 2.03. The first kappa shape index (κ1) is 16.3. The van der Waals surface area contributed by atoms with Gasteiger partial charge in [-0.3, -0.25) is 4.79 Å². The van der Waals surface area contributed by atoms with Gasteiger partial charge >= 0.3 is 0 Å². The van der Waals surface area contributed by atoms with Gasteiger partial charge in [0.25, 0.3) is 5.91 Å². The maximum atomic E-state index is 12.2. The molecule has 2 aromatic carbocycles. The number of aliphatic hydroxyl groups excluding tert-OH is 1. The van der Waals surface area contributed by atoms with Gasteiger partial charge in [-0.1, -0.05) is 35.9 Å². The van der Waals surface area contributed by atoms with Crippen molar-refractivity contribution in [3.05, 3.63) is 64.2 Å². The van der Waals surface area contributed by atoms with Crippen LogP contribution in [0.2, 0.25) is 5.02 Å². The van der Waals surface area contributed by atoms with Crippen molar-refractivity contribution in [3.63, 3.8) is 0 Å². The Labute approximate surface area is 134 Å². The molecule has 0 fully saturated rings. The standard InChI is InChI=1S/C17H18ClNO3/c1-11-5-3-4-6-13(11)15(20)10-19-17(21)14-9-12(18)7-8-16(14)22-2/h3-9,15,20H,10H2,1-2H3,(H,19,21). The fourth-order valence-corrected chi connectivity index (χ4v) is 2.38. The molecule has 0 aliphatic rings. The Morgan fingerprint density at radius 3 is 2.73 bits per heavy atom. The molecule has 0 saturated carbocycles. The minimum absolute atomic E-state index is 0.110. The average molecular weight is 320 g/mol. The third-order valence-corrected chi connectivity index (χ3v) is 3.64. The molecule has 0 aliphatic carbocycles. The lowest BCUT2D eigenvalue weighted by molar-refractivity contribution is 0.0913. The molecule has 4 nitrogen and oxygen atoms in total. The highest BCUT2D eigenvalue weighted by Gasteiger charge is 2.15. The van der Waals surface area contributed by atoms with Crippen LogP contribution in [0.15, 0.2) is 42.5 Å². The number of amides is 1. The lowest BCUT2D eigenvalue weighted by atomic mass is 10.0. The number of nitrogens with one attached hydrogen (secondary N) is 1. The molecular weight excluding hydrogens is 302 g/mol. The van der Waals surface area contributed by atoms with Crippen molar-refractivity contribution in [1.82, 2.24) is 5.32 Å². The monoisotopic (exact) mass is 319 g/mol. The molecule has 0 spiro atoms. The van der Waals surface area contributed by atoms with Crippen LogP contribution in [0.3, 0.4) is 0 Å². The maximum Gasteiger partial charge on any atom is 0.255 e. The van der Waals surface area contributed by atoms with Crippen LogP contribution in [-0.2, 0) is 0 Å². The van der Waals surface area contributed by atoms with Gasteiger partial charge in [0.2, 0.25) is 0 Å². The number of aliphatic hydroxyl groups is 1.